The number of nitrogens with one attached hydrogen (secondary N) is 3. The number of amides is 2. The van der Waals surface area contributed by atoms with E-state index in [1.165, 1.54) is 16.0 Å². The zero-order chi connectivity index (χ0) is 19.6. The van der Waals surface area contributed by atoms with E-state index in [9.17, 15) is 14.4 Å². The van der Waals surface area contributed by atoms with E-state index in [2.05, 4.69) is 25.7 Å². The minimum absolute atomic E-state index is 0.158. The molecule has 27 heavy (non-hydrogen) atoms. The summed E-state index contributed by atoms with van der Waals surface area (Å²) in [5.41, 5.74) is 1.34. The monoisotopic (exact) mass is 386 g/mol. The summed E-state index contributed by atoms with van der Waals surface area (Å²) in [6.07, 6.45) is 0. The average molecular weight is 386 g/mol. The molecule has 3 rings (SSSR count). The molecular weight excluding hydrogens is 368 g/mol. The van der Waals surface area contributed by atoms with Crippen LogP contribution in [0.4, 0.5) is 5.82 Å². The molecule has 0 bridgehead atoms. The van der Waals surface area contributed by atoms with Crippen LogP contribution in [0.15, 0.2) is 28.4 Å². The quantitative estimate of drug-likeness (QED) is 0.582. The van der Waals surface area contributed by atoms with Gasteiger partial charge in [0.25, 0.3) is 5.56 Å². The van der Waals surface area contributed by atoms with Crippen LogP contribution in [0.2, 0.25) is 0 Å². The van der Waals surface area contributed by atoms with E-state index in [1.54, 1.807) is 26.8 Å². The Hall–Kier alpha value is -3.27. The number of nitrogens with zero attached hydrogens (tertiary/aromatic N) is 3. The lowest BCUT2D eigenvalue weighted by molar-refractivity contribution is -0.136. The third kappa shape index (κ3) is 4.11. The molecule has 0 aromatic carbocycles. The highest BCUT2D eigenvalue weighted by Gasteiger charge is 2.18. The number of anilines is 1. The maximum absolute atomic E-state index is 12.2. The first-order chi connectivity index (χ1) is 12.8. The fourth-order valence-corrected chi connectivity index (χ4v) is 2.96. The predicted octanol–water partition coefficient (Wildman–Crippen LogP) is 1.20. The van der Waals surface area contributed by atoms with Crippen LogP contribution in [0, 0.1) is 20.8 Å². The van der Waals surface area contributed by atoms with Gasteiger partial charge in [-0.3, -0.25) is 19.4 Å². The van der Waals surface area contributed by atoms with Gasteiger partial charge in [-0.25, -0.2) is 4.98 Å². The van der Waals surface area contributed by atoms with Crippen LogP contribution in [0.3, 0.4) is 0 Å². The SMILES string of the molecule is Cc1cc(NC(=O)C(=O)NCc2cccs2)n(-c2nc(C)c(C)c(=O)[nH]2)n1. The number of carbonyl (C=O) groups is 2. The topological polar surface area (TPSA) is 122 Å². The van der Waals surface area contributed by atoms with Crippen molar-refractivity contribution < 1.29 is 9.59 Å². The number of aromatic nitrogens is 4. The smallest absolute Gasteiger partial charge is 0.314 e. The van der Waals surface area contributed by atoms with Crippen LogP contribution in [0.25, 0.3) is 5.95 Å². The van der Waals surface area contributed by atoms with Crippen molar-refractivity contribution in [3.8, 4) is 5.95 Å². The standard InChI is InChI=1S/C17H18N6O3S/c1-9-7-13(20-16(26)15(25)18-8-12-5-4-6-27-12)23(22-9)17-19-11(3)10(2)14(24)21-17/h4-7H,8H2,1-3H3,(H,18,25)(H,20,26)(H,19,21,24). The second kappa shape index (κ2) is 7.54. The maximum Gasteiger partial charge on any atom is 0.314 e. The Morgan fingerprint density at radius 1 is 1.26 bits per heavy atom. The lowest BCUT2D eigenvalue weighted by atomic mass is 10.3. The lowest BCUT2D eigenvalue weighted by Crippen LogP contribution is -2.35. The van der Waals surface area contributed by atoms with Crippen molar-refractivity contribution in [1.82, 2.24) is 25.1 Å². The maximum atomic E-state index is 12.2. The highest BCUT2D eigenvalue weighted by atomic mass is 32.1. The molecule has 2 amide bonds. The van der Waals surface area contributed by atoms with E-state index < -0.39 is 11.8 Å². The van der Waals surface area contributed by atoms with E-state index in [-0.39, 0.29) is 23.9 Å². The molecule has 9 nitrogen and oxygen atoms in total. The van der Waals surface area contributed by atoms with Crippen molar-refractivity contribution in [1.29, 1.82) is 0 Å². The molecule has 140 valence electrons. The first-order valence-corrected chi connectivity index (χ1v) is 8.99. The largest absolute Gasteiger partial charge is 0.343 e. The molecule has 0 saturated carbocycles. The normalized spacial score (nSPS) is 10.6. The van der Waals surface area contributed by atoms with E-state index in [0.717, 1.165) is 4.88 Å². The summed E-state index contributed by atoms with van der Waals surface area (Å²) >= 11 is 1.48. The van der Waals surface area contributed by atoms with Crippen molar-refractivity contribution in [2.75, 3.05) is 5.32 Å². The van der Waals surface area contributed by atoms with Crippen LogP contribution in [0.1, 0.15) is 21.8 Å². The Labute approximate surface area is 158 Å². The number of thiophene rings is 1. The number of aromatic amines is 1. The second-order valence-corrected chi connectivity index (χ2v) is 6.93. The van der Waals surface area contributed by atoms with Gasteiger partial charge < -0.3 is 10.6 Å². The van der Waals surface area contributed by atoms with E-state index >= 15 is 0 Å². The molecule has 0 radical (unpaired) electrons. The first-order valence-electron chi connectivity index (χ1n) is 8.11. The van der Waals surface area contributed by atoms with Gasteiger partial charge in [-0.05, 0) is 32.2 Å². The van der Waals surface area contributed by atoms with Gasteiger partial charge >= 0.3 is 11.8 Å². The van der Waals surface area contributed by atoms with Crippen molar-refractivity contribution in [3.63, 3.8) is 0 Å². The van der Waals surface area contributed by atoms with Gasteiger partial charge in [0.1, 0.15) is 5.82 Å². The third-order valence-electron chi connectivity index (χ3n) is 3.87. The molecule has 0 fully saturated rings. The minimum Gasteiger partial charge on any atom is -0.343 e. The molecule has 0 atom stereocenters. The second-order valence-electron chi connectivity index (χ2n) is 5.90. The Bertz CT molecular complexity index is 1050. The molecule has 0 aliphatic carbocycles. The van der Waals surface area contributed by atoms with Crippen LogP contribution in [0.5, 0.6) is 0 Å². The Balaban J connectivity index is 1.78. The number of carbonyl (C=O) groups excluding carboxylic acids is 2. The number of aryl methyl sites for hydroxylation is 2. The highest BCUT2D eigenvalue weighted by Crippen LogP contribution is 2.14. The van der Waals surface area contributed by atoms with Gasteiger partial charge in [0.05, 0.1) is 12.2 Å². The lowest BCUT2D eigenvalue weighted by Gasteiger charge is -2.09. The molecule has 0 aliphatic heterocycles. The summed E-state index contributed by atoms with van der Waals surface area (Å²) in [5, 5.41) is 11.2. The van der Waals surface area contributed by atoms with Gasteiger partial charge in [-0.15, -0.1) is 11.3 Å². The van der Waals surface area contributed by atoms with Gasteiger partial charge in [0.2, 0.25) is 5.95 Å². The van der Waals surface area contributed by atoms with Crippen LogP contribution >= 0.6 is 11.3 Å². The van der Waals surface area contributed by atoms with Crippen molar-refractivity contribution >= 4 is 29.0 Å². The number of H-pyrrole nitrogens is 1. The summed E-state index contributed by atoms with van der Waals surface area (Å²) < 4.78 is 1.29. The Morgan fingerprint density at radius 2 is 2.04 bits per heavy atom. The summed E-state index contributed by atoms with van der Waals surface area (Å²) in [7, 11) is 0. The molecular formula is C17H18N6O3S. The Morgan fingerprint density at radius 3 is 2.70 bits per heavy atom. The van der Waals surface area contributed by atoms with Crippen molar-refractivity contribution in [2.45, 2.75) is 27.3 Å². The fraction of sp³-hybridized carbons (Fsp3) is 0.235. The zero-order valence-corrected chi connectivity index (χ0v) is 15.8. The van der Waals surface area contributed by atoms with Crippen LogP contribution in [-0.2, 0) is 16.1 Å². The van der Waals surface area contributed by atoms with E-state index in [0.29, 0.717) is 17.0 Å². The molecule has 3 N–H and O–H groups in total. The summed E-state index contributed by atoms with van der Waals surface area (Å²) in [6, 6.07) is 5.31. The van der Waals surface area contributed by atoms with Gasteiger partial charge in [-0.1, -0.05) is 6.07 Å². The summed E-state index contributed by atoms with van der Waals surface area (Å²) in [4.78, 5) is 44.1. The molecule has 0 saturated heterocycles. The van der Waals surface area contributed by atoms with Gasteiger partial charge in [-0.2, -0.15) is 9.78 Å². The van der Waals surface area contributed by atoms with E-state index in [1.807, 2.05) is 17.5 Å². The van der Waals surface area contributed by atoms with Gasteiger partial charge in [0.15, 0.2) is 0 Å². The zero-order valence-electron chi connectivity index (χ0n) is 15.0. The van der Waals surface area contributed by atoms with Crippen LogP contribution < -0.4 is 16.2 Å². The molecule has 0 spiro atoms. The average Bonchev–Trinajstić information content (AvgIpc) is 3.26. The molecule has 10 heteroatoms. The minimum atomic E-state index is -0.834. The first kappa shape index (κ1) is 18.5. The number of hydrogen-bond donors (Lipinski definition) is 3. The molecule has 3 aromatic rings. The summed E-state index contributed by atoms with van der Waals surface area (Å²) in [6.45, 7) is 5.37. The van der Waals surface area contributed by atoms with Crippen molar-refractivity contribution in [2.24, 2.45) is 0 Å². The molecule has 3 aromatic heterocycles. The van der Waals surface area contributed by atoms with Crippen LogP contribution in [-0.4, -0.2) is 31.6 Å². The number of rotatable bonds is 4. The fourth-order valence-electron chi connectivity index (χ4n) is 2.31. The Kier molecular flexibility index (Phi) is 5.17. The summed E-state index contributed by atoms with van der Waals surface area (Å²) in [5.74, 6) is -1.21. The molecule has 0 unspecified atom stereocenters. The van der Waals surface area contributed by atoms with E-state index in [4.69, 9.17) is 0 Å². The predicted molar refractivity (Wildman–Crippen MR) is 101 cm³/mol. The molecule has 3 heterocycles. The van der Waals surface area contributed by atoms with Gasteiger partial charge in [0, 0.05) is 22.2 Å². The number of hydrogen-bond acceptors (Lipinski definition) is 6. The highest BCUT2D eigenvalue weighted by molar-refractivity contribution is 7.09. The third-order valence-corrected chi connectivity index (χ3v) is 4.74. The van der Waals surface area contributed by atoms with Crippen molar-refractivity contribution in [3.05, 3.63) is 55.8 Å². The molecule has 0 aliphatic rings.